The molecule has 0 saturated heterocycles. The predicted octanol–water partition coefficient (Wildman–Crippen LogP) is 8.00. The number of allylic oxidation sites excluding steroid dienone is 8. The average Bonchev–Trinajstić information content (AvgIpc) is 3.20. The van der Waals surface area contributed by atoms with E-state index in [4.69, 9.17) is 18.5 Å². The lowest BCUT2D eigenvalue weighted by atomic mass is 9.85. The lowest BCUT2D eigenvalue weighted by molar-refractivity contribution is -0.220. The van der Waals surface area contributed by atoms with Crippen LogP contribution in [0.1, 0.15) is 162 Å². The van der Waals surface area contributed by atoms with Crippen LogP contribution in [0.2, 0.25) is 0 Å². The Bertz CT molecular complexity index is 1210. The number of unbranched alkanes of at least 4 members (excludes halogenated alkanes) is 15. The van der Waals surface area contributed by atoms with Crippen LogP contribution in [0.5, 0.6) is 0 Å². The van der Waals surface area contributed by atoms with Gasteiger partial charge >= 0.3 is 19.8 Å². The molecule has 1 saturated carbocycles. The van der Waals surface area contributed by atoms with Gasteiger partial charge in [0.2, 0.25) is 0 Å². The van der Waals surface area contributed by atoms with Gasteiger partial charge in [0.25, 0.3) is 0 Å². The zero-order valence-electron chi connectivity index (χ0n) is 35.3. The number of rotatable bonds is 35. The number of carbonyl (C=O) groups excluding carboxylic acids is 2. The van der Waals surface area contributed by atoms with E-state index < -0.39 is 75.7 Å². The molecule has 1 aliphatic carbocycles. The van der Waals surface area contributed by atoms with Crippen LogP contribution in [-0.2, 0) is 32.7 Å². The number of hydrogen-bond donors (Lipinski definition) is 6. The monoisotopic (exact) mass is 845 g/mol. The van der Waals surface area contributed by atoms with Gasteiger partial charge in [-0.3, -0.25) is 18.6 Å². The molecule has 336 valence electrons. The topological polar surface area (TPSA) is 210 Å². The third-order valence-corrected chi connectivity index (χ3v) is 10.9. The fourth-order valence-electron chi connectivity index (χ4n) is 6.35. The second-order valence-corrected chi connectivity index (χ2v) is 16.6. The number of phosphoric ester groups is 1. The van der Waals surface area contributed by atoms with Gasteiger partial charge < -0.3 is 39.9 Å². The summed E-state index contributed by atoms with van der Waals surface area (Å²) in [5.41, 5.74) is 0. The third kappa shape index (κ3) is 26.8. The van der Waals surface area contributed by atoms with Crippen molar-refractivity contribution in [1.82, 2.24) is 0 Å². The van der Waals surface area contributed by atoms with Crippen molar-refractivity contribution in [2.24, 2.45) is 0 Å². The molecule has 0 amide bonds. The molecule has 0 aromatic heterocycles. The highest BCUT2D eigenvalue weighted by Crippen LogP contribution is 2.47. The minimum atomic E-state index is -5.12. The Balaban J connectivity index is 2.51. The van der Waals surface area contributed by atoms with E-state index >= 15 is 0 Å². The lowest BCUT2D eigenvalue weighted by Gasteiger charge is -2.41. The first-order valence-electron chi connectivity index (χ1n) is 21.9. The first-order chi connectivity index (χ1) is 27.9. The normalized spacial score (nSPS) is 23.0. The number of ether oxygens (including phenoxy) is 2. The maximum atomic E-state index is 12.8. The van der Waals surface area contributed by atoms with Crippen LogP contribution in [0, 0.1) is 0 Å². The Kier molecular flexibility index (Phi) is 32.0. The van der Waals surface area contributed by atoms with Crippen LogP contribution in [0.3, 0.4) is 0 Å². The Morgan fingerprint density at radius 1 is 0.552 bits per heavy atom. The van der Waals surface area contributed by atoms with Crippen molar-refractivity contribution in [2.45, 2.75) is 204 Å². The van der Waals surface area contributed by atoms with Gasteiger partial charge in [-0.25, -0.2) is 4.57 Å². The summed E-state index contributed by atoms with van der Waals surface area (Å²) in [6.07, 6.45) is 26.0. The minimum Gasteiger partial charge on any atom is -0.462 e. The second-order valence-electron chi connectivity index (χ2n) is 15.2. The molecule has 1 aliphatic rings. The molecule has 0 spiro atoms. The van der Waals surface area contributed by atoms with Crippen LogP contribution in [-0.4, -0.2) is 98.3 Å². The molecule has 13 nitrogen and oxygen atoms in total. The van der Waals surface area contributed by atoms with E-state index in [-0.39, 0.29) is 12.8 Å². The van der Waals surface area contributed by atoms with Gasteiger partial charge in [0.15, 0.2) is 6.10 Å². The number of aliphatic hydroxyl groups excluding tert-OH is 5. The van der Waals surface area contributed by atoms with E-state index in [1.807, 2.05) is 0 Å². The maximum absolute atomic E-state index is 12.8. The number of carbonyl (C=O) groups is 2. The minimum absolute atomic E-state index is 0.0742. The molecular weight excluding hydrogens is 767 g/mol. The number of esters is 2. The summed E-state index contributed by atoms with van der Waals surface area (Å²) < 4.78 is 33.4. The Morgan fingerprint density at radius 3 is 1.52 bits per heavy atom. The largest absolute Gasteiger partial charge is 0.472 e. The van der Waals surface area contributed by atoms with E-state index in [0.717, 1.165) is 89.9 Å². The summed E-state index contributed by atoms with van der Waals surface area (Å²) in [5.74, 6) is -1.13. The molecule has 58 heavy (non-hydrogen) atoms. The summed E-state index contributed by atoms with van der Waals surface area (Å²) >= 11 is 0. The van der Waals surface area contributed by atoms with Crippen LogP contribution >= 0.6 is 7.82 Å². The Labute approximate surface area is 348 Å². The van der Waals surface area contributed by atoms with Crippen LogP contribution in [0.15, 0.2) is 48.6 Å². The molecule has 6 unspecified atom stereocenters. The summed E-state index contributed by atoms with van der Waals surface area (Å²) in [5, 5.41) is 50.1. The van der Waals surface area contributed by atoms with E-state index in [1.165, 1.54) is 32.1 Å². The maximum Gasteiger partial charge on any atom is 0.472 e. The zero-order chi connectivity index (χ0) is 42.9. The molecule has 0 aromatic carbocycles. The molecule has 14 heteroatoms. The summed E-state index contributed by atoms with van der Waals surface area (Å²) in [6.45, 7) is 3.14. The molecule has 0 heterocycles. The molecule has 0 aromatic rings. The average molecular weight is 845 g/mol. The van der Waals surface area contributed by atoms with Crippen LogP contribution < -0.4 is 0 Å². The van der Waals surface area contributed by atoms with Crippen molar-refractivity contribution in [3.8, 4) is 0 Å². The van der Waals surface area contributed by atoms with E-state index in [1.54, 1.807) is 0 Å². The van der Waals surface area contributed by atoms with Gasteiger partial charge in [-0.1, -0.05) is 127 Å². The van der Waals surface area contributed by atoms with Gasteiger partial charge in [-0.2, -0.15) is 0 Å². The first-order valence-corrected chi connectivity index (χ1v) is 23.4. The van der Waals surface area contributed by atoms with Gasteiger partial charge in [0.1, 0.15) is 43.2 Å². The zero-order valence-corrected chi connectivity index (χ0v) is 36.2. The van der Waals surface area contributed by atoms with Crippen molar-refractivity contribution < 1.29 is 63.1 Å². The fourth-order valence-corrected chi connectivity index (χ4v) is 7.33. The van der Waals surface area contributed by atoms with E-state index in [2.05, 4.69) is 62.5 Å². The molecule has 0 radical (unpaired) electrons. The van der Waals surface area contributed by atoms with E-state index in [9.17, 15) is 44.6 Å². The highest BCUT2D eigenvalue weighted by molar-refractivity contribution is 7.47. The molecule has 0 aliphatic heterocycles. The highest BCUT2D eigenvalue weighted by Gasteiger charge is 2.51. The predicted molar refractivity (Wildman–Crippen MR) is 226 cm³/mol. The molecule has 1 rings (SSSR count). The van der Waals surface area contributed by atoms with Crippen molar-refractivity contribution in [3.63, 3.8) is 0 Å². The molecular formula is C44H77O13P. The molecule has 8 atom stereocenters. The van der Waals surface area contributed by atoms with Gasteiger partial charge in [0, 0.05) is 12.8 Å². The molecule has 0 bridgehead atoms. The number of aliphatic hydroxyl groups is 5. The molecule has 1 fully saturated rings. The first kappa shape index (κ1) is 53.8. The number of hydrogen-bond acceptors (Lipinski definition) is 12. The Morgan fingerprint density at radius 2 is 0.983 bits per heavy atom. The van der Waals surface area contributed by atoms with Crippen molar-refractivity contribution >= 4 is 19.8 Å². The lowest BCUT2D eigenvalue weighted by Crippen LogP contribution is -2.64. The quantitative estimate of drug-likeness (QED) is 0.0155. The highest BCUT2D eigenvalue weighted by atomic mass is 31.2. The van der Waals surface area contributed by atoms with Gasteiger partial charge in [-0.15, -0.1) is 0 Å². The van der Waals surface area contributed by atoms with Crippen molar-refractivity contribution in [2.75, 3.05) is 13.2 Å². The SMILES string of the molecule is CC/C=C/C/C=C/C/C=C/CCCCCCCC(=O)O[C@@H](COC(=O)CCCCCCC/C=C/CCCCCCC)COP(=O)(O)OC1C(O)C(O)C(O)[C@H](O)C1O. The smallest absolute Gasteiger partial charge is 0.462 e. The second kappa shape index (κ2) is 34.5. The Hall–Kier alpha value is -2.19. The van der Waals surface area contributed by atoms with Gasteiger partial charge in [0.05, 0.1) is 6.61 Å². The van der Waals surface area contributed by atoms with Gasteiger partial charge in [-0.05, 0) is 70.6 Å². The van der Waals surface area contributed by atoms with E-state index in [0.29, 0.717) is 12.8 Å². The summed E-state index contributed by atoms with van der Waals surface area (Å²) in [6, 6.07) is 0. The van der Waals surface area contributed by atoms with Crippen LogP contribution in [0.25, 0.3) is 0 Å². The summed E-state index contributed by atoms with van der Waals surface area (Å²) in [4.78, 5) is 35.6. The van der Waals surface area contributed by atoms with Crippen molar-refractivity contribution in [1.29, 1.82) is 0 Å². The summed E-state index contributed by atoms with van der Waals surface area (Å²) in [7, 11) is -5.12. The number of phosphoric acid groups is 1. The van der Waals surface area contributed by atoms with Crippen molar-refractivity contribution in [3.05, 3.63) is 48.6 Å². The third-order valence-electron chi connectivity index (χ3n) is 9.90. The fraction of sp³-hybridized carbons (Fsp3) is 0.773. The molecule has 6 N–H and O–H groups in total. The van der Waals surface area contributed by atoms with Crippen LogP contribution in [0.4, 0.5) is 0 Å². The standard InChI is InChI=1S/C44H77O13P/c1-3-5-7-9-11-13-15-17-19-21-23-25-27-29-31-33-38(46)56-36(35-55-58(52,53)57-44-42(50)40(48)39(47)41(49)43(44)51)34-54-37(45)32-30-28-26-24-22-20-18-16-14-12-10-8-6-4-2/h5,7,11,13,16-19,36,39-44,47-51H,3-4,6,8-10,12,14-15,20-35H2,1-2H3,(H,52,53)/b7-5+,13-11+,18-16+,19-17+/t36-,39?,40-,41?,42?,43?,44?/m0/s1.